The molecule has 0 aliphatic carbocycles. The predicted molar refractivity (Wildman–Crippen MR) is 80.9 cm³/mol. The van der Waals surface area contributed by atoms with Crippen molar-refractivity contribution in [3.05, 3.63) is 48.0 Å². The summed E-state index contributed by atoms with van der Waals surface area (Å²) in [6.07, 6.45) is 0. The standard InChI is InChI=1S/C16H16N2O3/c1-11-2-4-12(5-3-11)18-16(19)9-17-13-6-7-14-15(8-13)21-10-20-14/h2-8,17H,9-10H2,1H3,(H,18,19). The molecule has 0 unspecified atom stereocenters. The maximum atomic E-state index is 11.9. The average molecular weight is 284 g/mol. The number of ether oxygens (including phenoxy) is 2. The van der Waals surface area contributed by atoms with Gasteiger partial charge in [-0.3, -0.25) is 4.79 Å². The van der Waals surface area contributed by atoms with Crippen molar-refractivity contribution in [1.29, 1.82) is 0 Å². The Hall–Kier alpha value is -2.69. The van der Waals surface area contributed by atoms with Crippen molar-refractivity contribution in [2.75, 3.05) is 24.0 Å². The van der Waals surface area contributed by atoms with E-state index in [0.29, 0.717) is 5.75 Å². The van der Waals surface area contributed by atoms with Crippen molar-refractivity contribution in [3.8, 4) is 11.5 Å². The summed E-state index contributed by atoms with van der Waals surface area (Å²) in [5, 5.41) is 5.89. The van der Waals surface area contributed by atoms with Gasteiger partial charge >= 0.3 is 0 Å². The number of anilines is 2. The number of nitrogens with one attached hydrogen (secondary N) is 2. The lowest BCUT2D eigenvalue weighted by Gasteiger charge is -2.08. The van der Waals surface area contributed by atoms with Gasteiger partial charge in [0.2, 0.25) is 12.7 Å². The number of carbonyl (C=O) groups excluding carboxylic acids is 1. The Bertz CT molecular complexity index is 653. The number of fused-ring (bicyclic) bond motifs is 1. The van der Waals surface area contributed by atoms with Gasteiger partial charge in [0.15, 0.2) is 11.5 Å². The molecule has 2 N–H and O–H groups in total. The predicted octanol–water partition coefficient (Wildman–Crippen LogP) is 2.77. The molecule has 0 radical (unpaired) electrons. The van der Waals surface area contributed by atoms with E-state index in [9.17, 15) is 4.79 Å². The first kappa shape index (κ1) is 13.3. The smallest absolute Gasteiger partial charge is 0.243 e. The lowest BCUT2D eigenvalue weighted by atomic mass is 10.2. The largest absolute Gasteiger partial charge is 0.454 e. The van der Waals surface area contributed by atoms with Gasteiger partial charge in [0, 0.05) is 17.4 Å². The first-order valence-corrected chi connectivity index (χ1v) is 6.71. The van der Waals surface area contributed by atoms with Crippen LogP contribution in [0.1, 0.15) is 5.56 Å². The first-order valence-electron chi connectivity index (χ1n) is 6.71. The molecule has 1 aliphatic rings. The fraction of sp³-hybridized carbons (Fsp3) is 0.188. The van der Waals surface area contributed by atoms with Crippen LogP contribution in [0.3, 0.4) is 0 Å². The van der Waals surface area contributed by atoms with Gasteiger partial charge in [-0.15, -0.1) is 0 Å². The summed E-state index contributed by atoms with van der Waals surface area (Å²) < 4.78 is 10.5. The Labute approximate surface area is 122 Å². The Morgan fingerprint density at radius 1 is 1.05 bits per heavy atom. The van der Waals surface area contributed by atoms with Crippen LogP contribution in [-0.2, 0) is 4.79 Å². The number of aryl methyl sites for hydroxylation is 1. The monoisotopic (exact) mass is 284 g/mol. The quantitative estimate of drug-likeness (QED) is 0.906. The maximum Gasteiger partial charge on any atom is 0.243 e. The summed E-state index contributed by atoms with van der Waals surface area (Å²) in [5.74, 6) is 1.32. The fourth-order valence-corrected chi connectivity index (χ4v) is 2.03. The van der Waals surface area contributed by atoms with Crippen molar-refractivity contribution >= 4 is 17.3 Å². The Kier molecular flexibility index (Phi) is 3.64. The minimum absolute atomic E-state index is 0.100. The number of rotatable bonds is 4. The van der Waals surface area contributed by atoms with Gasteiger partial charge in [-0.05, 0) is 31.2 Å². The highest BCUT2D eigenvalue weighted by Gasteiger charge is 2.13. The second-order valence-corrected chi connectivity index (χ2v) is 4.84. The van der Waals surface area contributed by atoms with Crippen LogP contribution in [0, 0.1) is 6.92 Å². The molecule has 21 heavy (non-hydrogen) atoms. The summed E-state index contributed by atoms with van der Waals surface area (Å²) in [6.45, 7) is 2.44. The zero-order chi connectivity index (χ0) is 14.7. The van der Waals surface area contributed by atoms with Crippen molar-refractivity contribution in [2.45, 2.75) is 6.92 Å². The van der Waals surface area contributed by atoms with E-state index in [4.69, 9.17) is 9.47 Å². The maximum absolute atomic E-state index is 11.9. The molecule has 5 nitrogen and oxygen atoms in total. The Balaban J connectivity index is 1.55. The first-order chi connectivity index (χ1) is 10.2. The summed E-state index contributed by atoms with van der Waals surface area (Å²) in [6, 6.07) is 13.2. The highest BCUT2D eigenvalue weighted by atomic mass is 16.7. The van der Waals surface area contributed by atoms with Gasteiger partial charge < -0.3 is 20.1 Å². The van der Waals surface area contributed by atoms with Crippen LogP contribution in [0.2, 0.25) is 0 Å². The molecule has 0 fully saturated rings. The van der Waals surface area contributed by atoms with E-state index in [1.54, 1.807) is 0 Å². The third-order valence-electron chi connectivity index (χ3n) is 3.16. The third-order valence-corrected chi connectivity index (χ3v) is 3.16. The zero-order valence-electron chi connectivity index (χ0n) is 11.7. The van der Waals surface area contributed by atoms with Crippen LogP contribution in [0.25, 0.3) is 0 Å². The van der Waals surface area contributed by atoms with Crippen molar-refractivity contribution in [2.24, 2.45) is 0 Å². The van der Waals surface area contributed by atoms with Gasteiger partial charge in [0.25, 0.3) is 0 Å². The van der Waals surface area contributed by atoms with Crippen molar-refractivity contribution < 1.29 is 14.3 Å². The lowest BCUT2D eigenvalue weighted by Crippen LogP contribution is -2.21. The third kappa shape index (κ3) is 3.25. The van der Waals surface area contributed by atoms with Crippen LogP contribution >= 0.6 is 0 Å². The minimum atomic E-state index is -0.100. The van der Waals surface area contributed by atoms with Crippen molar-refractivity contribution in [3.63, 3.8) is 0 Å². The molecule has 0 bridgehead atoms. The molecule has 0 aromatic heterocycles. The molecular formula is C16H16N2O3. The molecule has 1 heterocycles. The molecule has 3 rings (SSSR count). The molecule has 0 saturated heterocycles. The summed E-state index contributed by atoms with van der Waals surface area (Å²) >= 11 is 0. The van der Waals surface area contributed by atoms with Gasteiger partial charge in [-0.1, -0.05) is 17.7 Å². The van der Waals surface area contributed by atoms with Crippen LogP contribution in [0.15, 0.2) is 42.5 Å². The Morgan fingerprint density at radius 3 is 2.57 bits per heavy atom. The lowest BCUT2D eigenvalue weighted by molar-refractivity contribution is -0.114. The second kappa shape index (κ2) is 5.75. The minimum Gasteiger partial charge on any atom is -0.454 e. The molecule has 0 saturated carbocycles. The summed E-state index contributed by atoms with van der Waals surface area (Å²) in [7, 11) is 0. The molecule has 2 aromatic rings. The number of hydrogen-bond donors (Lipinski definition) is 2. The van der Waals surface area contributed by atoms with E-state index < -0.39 is 0 Å². The van der Waals surface area contributed by atoms with Crippen LogP contribution in [0.4, 0.5) is 11.4 Å². The van der Waals surface area contributed by atoms with E-state index in [2.05, 4.69) is 10.6 Å². The Morgan fingerprint density at radius 2 is 1.76 bits per heavy atom. The van der Waals surface area contributed by atoms with Crippen LogP contribution in [0.5, 0.6) is 11.5 Å². The zero-order valence-corrected chi connectivity index (χ0v) is 11.7. The normalized spacial score (nSPS) is 12.0. The molecule has 0 spiro atoms. The van der Waals surface area contributed by atoms with Gasteiger partial charge in [-0.25, -0.2) is 0 Å². The number of carbonyl (C=O) groups is 1. The van der Waals surface area contributed by atoms with E-state index in [-0.39, 0.29) is 19.2 Å². The molecule has 1 amide bonds. The van der Waals surface area contributed by atoms with Crippen molar-refractivity contribution in [1.82, 2.24) is 0 Å². The van der Waals surface area contributed by atoms with E-state index >= 15 is 0 Å². The number of benzene rings is 2. The van der Waals surface area contributed by atoms with Gasteiger partial charge in [0.1, 0.15) is 0 Å². The number of amides is 1. The van der Waals surface area contributed by atoms with Crippen LogP contribution < -0.4 is 20.1 Å². The molecule has 0 atom stereocenters. The SMILES string of the molecule is Cc1ccc(NC(=O)CNc2ccc3c(c2)OCO3)cc1. The van der Waals surface area contributed by atoms with Gasteiger partial charge in [0.05, 0.1) is 6.54 Å². The molecule has 1 aliphatic heterocycles. The second-order valence-electron chi connectivity index (χ2n) is 4.84. The van der Waals surface area contributed by atoms with Crippen LogP contribution in [-0.4, -0.2) is 19.2 Å². The molecule has 2 aromatic carbocycles. The summed E-state index contributed by atoms with van der Waals surface area (Å²) in [4.78, 5) is 11.9. The average Bonchev–Trinajstić information content (AvgIpc) is 2.95. The molecular weight excluding hydrogens is 268 g/mol. The molecule has 5 heteroatoms. The van der Waals surface area contributed by atoms with Gasteiger partial charge in [-0.2, -0.15) is 0 Å². The number of hydrogen-bond acceptors (Lipinski definition) is 4. The topological polar surface area (TPSA) is 59.6 Å². The van der Waals surface area contributed by atoms with E-state index in [1.165, 1.54) is 0 Å². The summed E-state index contributed by atoms with van der Waals surface area (Å²) in [5.41, 5.74) is 2.77. The molecule has 108 valence electrons. The highest BCUT2D eigenvalue weighted by molar-refractivity contribution is 5.93. The van der Waals surface area contributed by atoms with E-state index in [0.717, 1.165) is 22.7 Å². The highest BCUT2D eigenvalue weighted by Crippen LogP contribution is 2.34. The fourth-order valence-electron chi connectivity index (χ4n) is 2.03. The van der Waals surface area contributed by atoms with E-state index in [1.807, 2.05) is 49.4 Å².